The van der Waals surface area contributed by atoms with E-state index in [1.807, 2.05) is 41.3 Å². The number of likely N-dealkylation sites (tertiary alicyclic amines) is 1. The molecular weight excluding hydrogens is 416 g/mol. The molecule has 1 saturated carbocycles. The van der Waals surface area contributed by atoms with Crippen LogP contribution < -0.4 is 14.8 Å². The third kappa shape index (κ3) is 3.50. The Morgan fingerprint density at radius 3 is 2.76 bits per heavy atom. The van der Waals surface area contributed by atoms with Gasteiger partial charge in [-0.3, -0.25) is 0 Å². The third-order valence-electron chi connectivity index (χ3n) is 7.21. The molecule has 3 aliphatic rings. The van der Waals surface area contributed by atoms with Crippen molar-refractivity contribution >= 4 is 22.8 Å². The molecule has 1 aromatic heterocycles. The van der Waals surface area contributed by atoms with Crippen molar-refractivity contribution < 1.29 is 14.3 Å². The number of anilines is 1. The summed E-state index contributed by atoms with van der Waals surface area (Å²) in [5.74, 6) is 1.95. The fourth-order valence-electron chi connectivity index (χ4n) is 5.62. The van der Waals surface area contributed by atoms with Crippen LogP contribution in [0.4, 0.5) is 10.5 Å². The molecule has 1 saturated heterocycles. The first-order valence-electron chi connectivity index (χ1n) is 12.2. The van der Waals surface area contributed by atoms with E-state index >= 15 is 0 Å². The first-order chi connectivity index (χ1) is 16.2. The van der Waals surface area contributed by atoms with Crippen molar-refractivity contribution in [1.29, 1.82) is 0 Å². The molecule has 0 bridgehead atoms. The molecule has 1 aliphatic carbocycles. The summed E-state index contributed by atoms with van der Waals surface area (Å²) in [5.41, 5.74) is 2.83. The number of fused-ring (bicyclic) bond motifs is 2. The molecule has 2 fully saturated rings. The summed E-state index contributed by atoms with van der Waals surface area (Å²) < 4.78 is 14.6. The Balaban J connectivity index is 1.22. The summed E-state index contributed by atoms with van der Waals surface area (Å²) in [5, 5.41) is 3.09. The summed E-state index contributed by atoms with van der Waals surface area (Å²) >= 11 is 0. The number of nitrogens with zero attached hydrogens (tertiary/aromatic N) is 3. The van der Waals surface area contributed by atoms with Gasteiger partial charge in [-0.1, -0.05) is 18.6 Å². The molecule has 7 nitrogen and oxygen atoms in total. The average molecular weight is 447 g/mol. The van der Waals surface area contributed by atoms with Crippen LogP contribution in [-0.4, -0.2) is 32.8 Å². The third-order valence-corrected chi connectivity index (χ3v) is 7.21. The monoisotopic (exact) mass is 446 g/mol. The number of amides is 2. The summed E-state index contributed by atoms with van der Waals surface area (Å²) in [6, 6.07) is 13.8. The predicted molar refractivity (Wildman–Crippen MR) is 127 cm³/mol. The van der Waals surface area contributed by atoms with Gasteiger partial charge in [0.05, 0.1) is 17.1 Å². The second-order valence-electron chi connectivity index (χ2n) is 9.32. The molecule has 1 spiro atoms. The maximum atomic E-state index is 13.3. The average Bonchev–Trinajstić information content (AvgIpc) is 3.53. The van der Waals surface area contributed by atoms with Crippen LogP contribution >= 0.6 is 0 Å². The van der Waals surface area contributed by atoms with Crippen molar-refractivity contribution in [2.24, 2.45) is 0 Å². The minimum Gasteiger partial charge on any atom is -0.448 e. The Bertz CT molecular complexity index is 1200. The largest absolute Gasteiger partial charge is 0.448 e. The van der Waals surface area contributed by atoms with Crippen molar-refractivity contribution in [3.05, 3.63) is 48.3 Å². The second kappa shape index (κ2) is 7.97. The lowest BCUT2D eigenvalue weighted by Gasteiger charge is -2.31. The Kier molecular flexibility index (Phi) is 4.93. The first-order valence-corrected chi connectivity index (χ1v) is 12.2. The van der Waals surface area contributed by atoms with Crippen molar-refractivity contribution in [3.8, 4) is 11.5 Å². The number of ether oxygens (including phenoxy) is 2. The highest BCUT2D eigenvalue weighted by Crippen LogP contribution is 2.46. The number of carbonyl (C=O) groups excluding carboxylic acids is 1. The molecule has 1 unspecified atom stereocenters. The fraction of sp³-hybridized carbons (Fsp3) is 0.462. The van der Waals surface area contributed by atoms with Crippen LogP contribution in [0, 0.1) is 0 Å². The van der Waals surface area contributed by atoms with E-state index in [0.29, 0.717) is 0 Å². The summed E-state index contributed by atoms with van der Waals surface area (Å²) in [6.07, 6.45) is 7.19. The Labute approximate surface area is 193 Å². The lowest BCUT2D eigenvalue weighted by Crippen LogP contribution is -2.40. The number of hydrogen-bond acceptors (Lipinski definition) is 4. The fourth-order valence-corrected chi connectivity index (χ4v) is 5.62. The van der Waals surface area contributed by atoms with Crippen molar-refractivity contribution in [3.63, 3.8) is 0 Å². The van der Waals surface area contributed by atoms with Gasteiger partial charge in [-0.15, -0.1) is 0 Å². The van der Waals surface area contributed by atoms with Gasteiger partial charge in [-0.25, -0.2) is 9.78 Å². The van der Waals surface area contributed by atoms with Gasteiger partial charge >= 0.3 is 6.03 Å². The van der Waals surface area contributed by atoms with Gasteiger partial charge in [0.25, 0.3) is 5.79 Å². The highest BCUT2D eigenvalue weighted by Gasteiger charge is 2.42. The van der Waals surface area contributed by atoms with Gasteiger partial charge in [0.2, 0.25) is 0 Å². The summed E-state index contributed by atoms with van der Waals surface area (Å²) in [7, 11) is 0. The number of rotatable bonds is 3. The molecule has 1 N–H and O–H groups in total. The molecule has 3 aromatic rings. The van der Waals surface area contributed by atoms with Crippen LogP contribution in [0.3, 0.4) is 0 Å². The SMILES string of the molecule is CCn1c(C2CCCN2C(=O)Nc2ccc3c(c2)OC2(CCCCC2)O3)nc2ccccc21. The van der Waals surface area contributed by atoms with Gasteiger partial charge < -0.3 is 24.3 Å². The lowest BCUT2D eigenvalue weighted by molar-refractivity contribution is -0.105. The molecular formula is C26H30N4O3. The normalized spacial score (nSPS) is 21.1. The molecule has 33 heavy (non-hydrogen) atoms. The highest BCUT2D eigenvalue weighted by molar-refractivity contribution is 5.90. The number of nitrogens with one attached hydrogen (secondary N) is 1. The van der Waals surface area contributed by atoms with Crippen LogP contribution in [-0.2, 0) is 6.54 Å². The number of aromatic nitrogens is 2. The lowest BCUT2D eigenvalue weighted by atomic mass is 9.94. The zero-order chi connectivity index (χ0) is 22.4. The minimum atomic E-state index is -0.511. The summed E-state index contributed by atoms with van der Waals surface area (Å²) in [6.45, 7) is 3.67. The minimum absolute atomic E-state index is 0.0307. The molecule has 3 heterocycles. The van der Waals surface area contributed by atoms with E-state index in [1.165, 1.54) is 6.42 Å². The van der Waals surface area contributed by atoms with E-state index in [9.17, 15) is 4.79 Å². The maximum Gasteiger partial charge on any atom is 0.322 e. The van der Waals surface area contributed by atoms with Gasteiger partial charge in [-0.2, -0.15) is 0 Å². The molecule has 7 heteroatoms. The molecule has 0 radical (unpaired) electrons. The molecule has 2 amide bonds. The quantitative estimate of drug-likeness (QED) is 0.547. The number of aryl methyl sites for hydroxylation is 1. The highest BCUT2D eigenvalue weighted by atomic mass is 16.7. The van der Waals surface area contributed by atoms with Gasteiger partial charge in [-0.05, 0) is 56.9 Å². The van der Waals surface area contributed by atoms with Crippen molar-refractivity contribution in [2.45, 2.75) is 70.2 Å². The molecule has 1 atom stereocenters. The molecule has 172 valence electrons. The zero-order valence-corrected chi connectivity index (χ0v) is 19.0. The molecule has 2 aromatic carbocycles. The van der Waals surface area contributed by atoms with Crippen LogP contribution in [0.5, 0.6) is 11.5 Å². The Morgan fingerprint density at radius 1 is 1.09 bits per heavy atom. The smallest absolute Gasteiger partial charge is 0.322 e. The maximum absolute atomic E-state index is 13.3. The van der Waals surface area contributed by atoms with Gasteiger partial charge in [0.1, 0.15) is 5.82 Å². The summed E-state index contributed by atoms with van der Waals surface area (Å²) in [4.78, 5) is 20.1. The zero-order valence-electron chi connectivity index (χ0n) is 19.0. The van der Waals surface area contributed by atoms with Crippen molar-refractivity contribution in [1.82, 2.24) is 14.5 Å². The second-order valence-corrected chi connectivity index (χ2v) is 9.32. The van der Waals surface area contributed by atoms with Crippen molar-refractivity contribution in [2.75, 3.05) is 11.9 Å². The number of urea groups is 1. The molecule has 2 aliphatic heterocycles. The van der Waals surface area contributed by atoms with Gasteiger partial charge in [0, 0.05) is 37.7 Å². The van der Waals surface area contributed by atoms with Crippen LogP contribution in [0.15, 0.2) is 42.5 Å². The van der Waals surface area contributed by atoms with E-state index in [-0.39, 0.29) is 12.1 Å². The standard InChI is InChI=1S/C26H30N4O3/c1-2-29-20-10-5-4-9-19(20)28-24(29)21-11-8-16-30(21)25(31)27-18-12-13-22-23(17-18)33-26(32-22)14-6-3-7-15-26/h4-5,9-10,12-13,17,21H,2-3,6-8,11,14-16H2,1H3,(H,27,31). The van der Waals surface area contributed by atoms with E-state index in [0.717, 1.165) is 85.7 Å². The van der Waals surface area contributed by atoms with Crippen LogP contribution in [0.2, 0.25) is 0 Å². The van der Waals surface area contributed by atoms with E-state index in [4.69, 9.17) is 14.5 Å². The number of para-hydroxylation sites is 2. The van der Waals surface area contributed by atoms with Gasteiger partial charge in [0.15, 0.2) is 11.5 Å². The van der Waals surface area contributed by atoms with E-state index in [1.54, 1.807) is 0 Å². The van der Waals surface area contributed by atoms with E-state index < -0.39 is 5.79 Å². The first kappa shape index (κ1) is 20.4. The molecule has 6 rings (SSSR count). The Hall–Kier alpha value is -3.22. The van der Waals surface area contributed by atoms with Crippen LogP contribution in [0.1, 0.15) is 63.7 Å². The number of carbonyl (C=O) groups is 1. The predicted octanol–water partition coefficient (Wildman–Crippen LogP) is 5.86. The topological polar surface area (TPSA) is 68.6 Å². The number of hydrogen-bond donors (Lipinski definition) is 1. The number of imidazole rings is 1. The van der Waals surface area contributed by atoms with Crippen LogP contribution in [0.25, 0.3) is 11.0 Å². The number of benzene rings is 2. The van der Waals surface area contributed by atoms with E-state index in [2.05, 4.69) is 22.9 Å². The Morgan fingerprint density at radius 2 is 1.91 bits per heavy atom.